The predicted molar refractivity (Wildman–Crippen MR) is 87.7 cm³/mol. The molecule has 1 amide bonds. The molecule has 0 aromatic carbocycles. The quantitative estimate of drug-likeness (QED) is 0.606. The van der Waals surface area contributed by atoms with Gasteiger partial charge in [0.15, 0.2) is 0 Å². The van der Waals surface area contributed by atoms with Gasteiger partial charge in [0.05, 0.1) is 5.56 Å². The smallest absolute Gasteiger partial charge is 0.225 e. The van der Waals surface area contributed by atoms with E-state index in [9.17, 15) is 10.1 Å². The molecule has 0 atom stereocenters. The summed E-state index contributed by atoms with van der Waals surface area (Å²) in [5.41, 5.74) is 1.92. The number of hydrogen-bond acceptors (Lipinski definition) is 3. The van der Waals surface area contributed by atoms with Crippen molar-refractivity contribution in [3.8, 4) is 6.07 Å². The average molecular weight is 304 g/mol. The lowest BCUT2D eigenvalue weighted by atomic mass is 10.1. The number of nitrogens with one attached hydrogen (secondary N) is 1. The van der Waals surface area contributed by atoms with Crippen molar-refractivity contribution in [3.63, 3.8) is 0 Å². The Morgan fingerprint density at radius 3 is 2.81 bits per heavy atom. The van der Waals surface area contributed by atoms with Gasteiger partial charge in [0, 0.05) is 11.3 Å². The number of hydrogen-bond donors (Lipinski definition) is 1. The van der Waals surface area contributed by atoms with Crippen LogP contribution in [0.3, 0.4) is 0 Å². The van der Waals surface area contributed by atoms with Gasteiger partial charge in [0.2, 0.25) is 5.91 Å². The second-order valence-electron chi connectivity index (χ2n) is 5.74. The van der Waals surface area contributed by atoms with Crippen molar-refractivity contribution in [2.24, 2.45) is 0 Å². The Balaban J connectivity index is 2.00. The Kier molecular flexibility index (Phi) is 6.25. The molecule has 1 heterocycles. The number of thiophene rings is 1. The predicted octanol–water partition coefficient (Wildman–Crippen LogP) is 4.80. The summed E-state index contributed by atoms with van der Waals surface area (Å²) in [6.07, 6.45) is 10.6. The minimum absolute atomic E-state index is 0.0546. The molecule has 1 aliphatic rings. The zero-order valence-corrected chi connectivity index (χ0v) is 13.7. The summed E-state index contributed by atoms with van der Waals surface area (Å²) in [5.74, 6) is 0.0546. The highest BCUT2D eigenvalue weighted by molar-refractivity contribution is 7.16. The summed E-state index contributed by atoms with van der Waals surface area (Å²) in [7, 11) is 0. The summed E-state index contributed by atoms with van der Waals surface area (Å²) in [4.78, 5) is 13.3. The number of nitrogens with zero attached hydrogens (tertiary/aromatic N) is 1. The summed E-state index contributed by atoms with van der Waals surface area (Å²) in [6, 6.07) is 2.31. The normalized spacial score (nSPS) is 14.1. The molecule has 0 radical (unpaired) electrons. The van der Waals surface area contributed by atoms with E-state index in [1.165, 1.54) is 36.1 Å². The SMILES string of the molecule is CCCCCCC(=O)Nc1sc2c(c1C#N)CCCCC2. The number of unbranched alkanes of at least 4 members (excludes halogenated alkanes) is 3. The third-order valence-electron chi connectivity index (χ3n) is 4.04. The first-order valence-electron chi connectivity index (χ1n) is 8.10. The number of anilines is 1. The fourth-order valence-electron chi connectivity index (χ4n) is 2.85. The summed E-state index contributed by atoms with van der Waals surface area (Å²) < 4.78 is 0. The van der Waals surface area contributed by atoms with Crippen LogP contribution in [0.15, 0.2) is 0 Å². The lowest BCUT2D eigenvalue weighted by Gasteiger charge is -2.04. The van der Waals surface area contributed by atoms with E-state index < -0.39 is 0 Å². The van der Waals surface area contributed by atoms with Crippen molar-refractivity contribution in [1.29, 1.82) is 5.26 Å². The molecule has 0 bridgehead atoms. The van der Waals surface area contributed by atoms with Gasteiger partial charge in [-0.15, -0.1) is 11.3 Å². The van der Waals surface area contributed by atoms with Crippen molar-refractivity contribution in [2.45, 2.75) is 71.1 Å². The highest BCUT2D eigenvalue weighted by Gasteiger charge is 2.20. The molecule has 1 N–H and O–H groups in total. The van der Waals surface area contributed by atoms with E-state index >= 15 is 0 Å². The van der Waals surface area contributed by atoms with Crippen molar-refractivity contribution in [1.82, 2.24) is 0 Å². The van der Waals surface area contributed by atoms with Crippen LogP contribution < -0.4 is 5.32 Å². The zero-order chi connectivity index (χ0) is 15.1. The minimum Gasteiger partial charge on any atom is -0.317 e. The first-order chi connectivity index (χ1) is 10.3. The highest BCUT2D eigenvalue weighted by Crippen LogP contribution is 2.37. The molecule has 0 saturated carbocycles. The third kappa shape index (κ3) is 4.31. The monoisotopic (exact) mass is 304 g/mol. The van der Waals surface area contributed by atoms with Crippen molar-refractivity contribution in [3.05, 3.63) is 16.0 Å². The first kappa shape index (κ1) is 16.0. The molecule has 4 heteroatoms. The Bertz CT molecular complexity index is 528. The van der Waals surface area contributed by atoms with Crippen LogP contribution >= 0.6 is 11.3 Å². The van der Waals surface area contributed by atoms with Crippen LogP contribution in [0, 0.1) is 11.3 Å². The summed E-state index contributed by atoms with van der Waals surface area (Å²) in [5, 5.41) is 13.2. The summed E-state index contributed by atoms with van der Waals surface area (Å²) >= 11 is 1.62. The van der Waals surface area contributed by atoms with Crippen LogP contribution in [0.1, 0.15) is 74.3 Å². The van der Waals surface area contributed by atoms with Crippen molar-refractivity contribution < 1.29 is 4.79 Å². The maximum Gasteiger partial charge on any atom is 0.225 e. The number of aryl methyl sites for hydroxylation is 1. The van der Waals surface area contributed by atoms with Gasteiger partial charge in [0.1, 0.15) is 11.1 Å². The molecule has 0 fully saturated rings. The van der Waals surface area contributed by atoms with Crippen LogP contribution in [0.4, 0.5) is 5.00 Å². The number of carbonyl (C=O) groups excluding carboxylic acids is 1. The lowest BCUT2D eigenvalue weighted by molar-refractivity contribution is -0.116. The van der Waals surface area contributed by atoms with Crippen LogP contribution in [-0.2, 0) is 17.6 Å². The standard InChI is InChI=1S/C17H24N2OS/c1-2-3-4-8-11-16(20)19-17-14(12-18)13-9-6-5-7-10-15(13)21-17/h2-11H2,1H3,(H,19,20). The molecule has 0 spiro atoms. The molecule has 0 unspecified atom stereocenters. The molecular weight excluding hydrogens is 280 g/mol. The van der Waals surface area contributed by atoms with E-state index in [1.807, 2.05) is 0 Å². The molecular formula is C17H24N2OS. The van der Waals surface area contributed by atoms with E-state index in [2.05, 4.69) is 18.3 Å². The molecule has 3 nitrogen and oxygen atoms in total. The average Bonchev–Trinajstić information content (AvgIpc) is 2.64. The van der Waals surface area contributed by atoms with E-state index in [0.29, 0.717) is 6.42 Å². The van der Waals surface area contributed by atoms with Crippen molar-refractivity contribution in [2.75, 3.05) is 5.32 Å². The van der Waals surface area contributed by atoms with Gasteiger partial charge in [-0.2, -0.15) is 5.26 Å². The zero-order valence-electron chi connectivity index (χ0n) is 12.8. The van der Waals surface area contributed by atoms with Crippen LogP contribution in [0.25, 0.3) is 0 Å². The fraction of sp³-hybridized carbons (Fsp3) is 0.647. The molecule has 114 valence electrons. The van der Waals surface area contributed by atoms with Crippen LogP contribution in [0.5, 0.6) is 0 Å². The molecule has 1 aromatic heterocycles. The van der Waals surface area contributed by atoms with Gasteiger partial charge in [-0.3, -0.25) is 4.79 Å². The van der Waals surface area contributed by atoms with E-state index in [4.69, 9.17) is 0 Å². The highest BCUT2D eigenvalue weighted by atomic mass is 32.1. The maximum atomic E-state index is 12.0. The Morgan fingerprint density at radius 2 is 2.05 bits per heavy atom. The third-order valence-corrected chi connectivity index (χ3v) is 5.25. The van der Waals surface area contributed by atoms with Gasteiger partial charge >= 0.3 is 0 Å². The molecule has 0 saturated heterocycles. The van der Waals surface area contributed by atoms with Gasteiger partial charge < -0.3 is 5.32 Å². The molecule has 0 aliphatic heterocycles. The Labute approximate surface area is 131 Å². The van der Waals surface area contributed by atoms with Gasteiger partial charge in [-0.25, -0.2) is 0 Å². The second kappa shape index (κ2) is 8.19. The van der Waals surface area contributed by atoms with Crippen LogP contribution in [0.2, 0.25) is 0 Å². The van der Waals surface area contributed by atoms with Crippen molar-refractivity contribution >= 4 is 22.2 Å². The van der Waals surface area contributed by atoms with E-state index in [-0.39, 0.29) is 5.91 Å². The number of amides is 1. The Hall–Kier alpha value is -1.34. The molecule has 21 heavy (non-hydrogen) atoms. The molecule has 2 rings (SSSR count). The fourth-order valence-corrected chi connectivity index (χ4v) is 4.11. The molecule has 1 aromatic rings. The number of rotatable bonds is 6. The minimum atomic E-state index is 0.0546. The number of fused-ring (bicyclic) bond motifs is 1. The van der Waals surface area contributed by atoms with E-state index in [1.54, 1.807) is 11.3 Å². The number of carbonyl (C=O) groups is 1. The largest absolute Gasteiger partial charge is 0.317 e. The Morgan fingerprint density at radius 1 is 1.24 bits per heavy atom. The maximum absolute atomic E-state index is 12.0. The van der Waals surface area contributed by atoms with Crippen LogP contribution in [-0.4, -0.2) is 5.91 Å². The van der Waals surface area contributed by atoms with Gasteiger partial charge in [-0.1, -0.05) is 32.6 Å². The lowest BCUT2D eigenvalue weighted by Crippen LogP contribution is -2.11. The van der Waals surface area contributed by atoms with Gasteiger partial charge in [-0.05, 0) is 37.7 Å². The molecule has 1 aliphatic carbocycles. The van der Waals surface area contributed by atoms with E-state index in [0.717, 1.165) is 42.7 Å². The summed E-state index contributed by atoms with van der Waals surface area (Å²) in [6.45, 7) is 2.16. The second-order valence-corrected chi connectivity index (χ2v) is 6.84. The first-order valence-corrected chi connectivity index (χ1v) is 8.92. The topological polar surface area (TPSA) is 52.9 Å². The van der Waals surface area contributed by atoms with Gasteiger partial charge in [0.25, 0.3) is 0 Å². The number of nitriles is 1.